The van der Waals surface area contributed by atoms with E-state index >= 15 is 0 Å². The van der Waals surface area contributed by atoms with Crippen LogP contribution in [0.25, 0.3) is 0 Å². The molecule has 23 heavy (non-hydrogen) atoms. The maximum atomic E-state index is 10.1. The van der Waals surface area contributed by atoms with Gasteiger partial charge in [0.25, 0.3) is 0 Å². The normalized spacial score (nSPS) is 31.3. The summed E-state index contributed by atoms with van der Waals surface area (Å²) in [6, 6.07) is 0. The summed E-state index contributed by atoms with van der Waals surface area (Å²) in [6.07, 6.45) is 9.50. The molecular weight excluding hydrogens is 284 g/mol. The highest BCUT2D eigenvalue weighted by molar-refractivity contribution is 5.34. The topological polar surface area (TPSA) is 29.5 Å². The summed E-state index contributed by atoms with van der Waals surface area (Å²) in [5, 5.41) is 10.1. The lowest BCUT2D eigenvalue weighted by molar-refractivity contribution is 0.122. The molecule has 1 N–H and O–H groups in total. The SMILES string of the molecule is C=C(OC)/C(O)=C\C1=C(C)C(CC)C(C2CCCC2(C)C)CC1. The third-order valence-corrected chi connectivity index (χ3v) is 6.47. The molecule has 0 heterocycles. The second-order valence-electron chi connectivity index (χ2n) is 8.07. The zero-order valence-electron chi connectivity index (χ0n) is 15.6. The molecule has 0 bridgehead atoms. The van der Waals surface area contributed by atoms with E-state index < -0.39 is 0 Å². The van der Waals surface area contributed by atoms with Crippen molar-refractivity contribution in [2.24, 2.45) is 23.2 Å². The molecule has 3 unspecified atom stereocenters. The van der Waals surface area contributed by atoms with Crippen LogP contribution in [0, 0.1) is 23.2 Å². The molecule has 2 aliphatic rings. The monoisotopic (exact) mass is 318 g/mol. The maximum Gasteiger partial charge on any atom is 0.157 e. The summed E-state index contributed by atoms with van der Waals surface area (Å²) in [6.45, 7) is 13.2. The van der Waals surface area contributed by atoms with Crippen LogP contribution in [0.2, 0.25) is 0 Å². The molecule has 0 aliphatic heterocycles. The van der Waals surface area contributed by atoms with Crippen LogP contribution < -0.4 is 0 Å². The molecule has 0 amide bonds. The minimum atomic E-state index is 0.163. The smallest absolute Gasteiger partial charge is 0.157 e. The Kier molecular flexibility index (Phi) is 5.65. The fourth-order valence-corrected chi connectivity index (χ4v) is 5.05. The van der Waals surface area contributed by atoms with Crippen LogP contribution in [0.15, 0.2) is 35.3 Å². The van der Waals surface area contributed by atoms with Crippen molar-refractivity contribution >= 4 is 0 Å². The van der Waals surface area contributed by atoms with Gasteiger partial charge in [0.1, 0.15) is 0 Å². The van der Waals surface area contributed by atoms with E-state index in [0.717, 1.165) is 18.3 Å². The minimum Gasteiger partial charge on any atom is -0.504 e. The zero-order chi connectivity index (χ0) is 17.2. The highest BCUT2D eigenvalue weighted by atomic mass is 16.5. The lowest BCUT2D eigenvalue weighted by Gasteiger charge is -2.42. The zero-order valence-corrected chi connectivity index (χ0v) is 15.6. The molecule has 3 atom stereocenters. The Labute approximate surface area is 142 Å². The van der Waals surface area contributed by atoms with Gasteiger partial charge in [0.15, 0.2) is 11.5 Å². The molecule has 1 saturated carbocycles. The van der Waals surface area contributed by atoms with Gasteiger partial charge in [-0.1, -0.05) is 39.3 Å². The third-order valence-electron chi connectivity index (χ3n) is 6.47. The van der Waals surface area contributed by atoms with Crippen molar-refractivity contribution in [3.8, 4) is 0 Å². The summed E-state index contributed by atoms with van der Waals surface area (Å²) in [4.78, 5) is 0. The molecule has 2 rings (SSSR count). The number of allylic oxidation sites excluding steroid dienone is 3. The van der Waals surface area contributed by atoms with Crippen molar-refractivity contribution in [1.82, 2.24) is 0 Å². The number of ether oxygens (including phenoxy) is 1. The number of rotatable bonds is 5. The fourth-order valence-electron chi connectivity index (χ4n) is 5.05. The van der Waals surface area contributed by atoms with E-state index in [1.165, 1.54) is 43.3 Å². The van der Waals surface area contributed by atoms with Crippen molar-refractivity contribution in [2.75, 3.05) is 7.11 Å². The minimum absolute atomic E-state index is 0.163. The van der Waals surface area contributed by atoms with Crippen LogP contribution in [0.3, 0.4) is 0 Å². The van der Waals surface area contributed by atoms with E-state index in [-0.39, 0.29) is 5.76 Å². The Hall–Kier alpha value is -1.18. The molecule has 0 aromatic carbocycles. The van der Waals surface area contributed by atoms with Gasteiger partial charge in [0, 0.05) is 0 Å². The van der Waals surface area contributed by atoms with E-state index in [4.69, 9.17) is 4.74 Å². The van der Waals surface area contributed by atoms with Crippen molar-refractivity contribution in [1.29, 1.82) is 0 Å². The van der Waals surface area contributed by atoms with Gasteiger partial charge in [-0.3, -0.25) is 0 Å². The third kappa shape index (κ3) is 3.67. The average Bonchev–Trinajstić information content (AvgIpc) is 2.87. The molecule has 0 spiro atoms. The Balaban J connectivity index is 2.26. The quantitative estimate of drug-likeness (QED) is 0.485. The van der Waals surface area contributed by atoms with Gasteiger partial charge in [0.2, 0.25) is 0 Å². The van der Waals surface area contributed by atoms with Crippen LogP contribution in [-0.2, 0) is 4.74 Å². The molecule has 0 aromatic rings. The van der Waals surface area contributed by atoms with E-state index in [1.54, 1.807) is 7.11 Å². The second-order valence-corrected chi connectivity index (χ2v) is 8.07. The molecule has 2 heteroatoms. The number of aliphatic hydroxyl groups excluding tert-OH is 1. The summed E-state index contributed by atoms with van der Waals surface area (Å²) >= 11 is 0. The first kappa shape index (κ1) is 18.2. The van der Waals surface area contributed by atoms with Crippen molar-refractivity contribution < 1.29 is 9.84 Å². The van der Waals surface area contributed by atoms with Gasteiger partial charge in [-0.05, 0) is 73.8 Å². The molecule has 130 valence electrons. The Bertz CT molecular complexity index is 510. The van der Waals surface area contributed by atoms with E-state index in [0.29, 0.717) is 17.1 Å². The van der Waals surface area contributed by atoms with Crippen molar-refractivity contribution in [3.63, 3.8) is 0 Å². The summed E-state index contributed by atoms with van der Waals surface area (Å²) < 4.78 is 5.04. The fraction of sp³-hybridized carbons (Fsp3) is 0.714. The predicted molar refractivity (Wildman–Crippen MR) is 97.2 cm³/mol. The van der Waals surface area contributed by atoms with Gasteiger partial charge < -0.3 is 9.84 Å². The molecule has 0 saturated heterocycles. The molecule has 0 aromatic heterocycles. The number of hydrogen-bond acceptors (Lipinski definition) is 2. The lowest BCUT2D eigenvalue weighted by Crippen LogP contribution is -2.33. The van der Waals surface area contributed by atoms with Crippen molar-refractivity contribution in [3.05, 3.63) is 35.3 Å². The molecule has 2 nitrogen and oxygen atoms in total. The largest absolute Gasteiger partial charge is 0.504 e. The molecule has 1 fully saturated rings. The summed E-state index contributed by atoms with van der Waals surface area (Å²) in [5.74, 6) is 2.78. The van der Waals surface area contributed by atoms with E-state index in [2.05, 4.69) is 34.3 Å². The standard InChI is InChI=1S/C21H34O2/c1-7-17-14(2)16(13-20(22)15(3)23-6)10-11-18(17)19-9-8-12-21(19,4)5/h13,17-19,22H,3,7-12H2,1-2,4-6H3/b20-13+. The average molecular weight is 319 g/mol. The first-order valence-electron chi connectivity index (χ1n) is 9.15. The van der Waals surface area contributed by atoms with Crippen LogP contribution >= 0.6 is 0 Å². The first-order chi connectivity index (χ1) is 10.8. The van der Waals surface area contributed by atoms with Gasteiger partial charge in [-0.2, -0.15) is 0 Å². The predicted octanol–water partition coefficient (Wildman–Crippen LogP) is 6.17. The Morgan fingerprint density at radius 1 is 1.39 bits per heavy atom. The Morgan fingerprint density at radius 2 is 2.09 bits per heavy atom. The number of aliphatic hydroxyl groups is 1. The van der Waals surface area contributed by atoms with Crippen LogP contribution in [0.4, 0.5) is 0 Å². The lowest BCUT2D eigenvalue weighted by atomic mass is 9.63. The van der Waals surface area contributed by atoms with Crippen molar-refractivity contribution in [2.45, 2.75) is 66.2 Å². The molecule has 2 aliphatic carbocycles. The highest BCUT2D eigenvalue weighted by Crippen LogP contribution is 2.53. The maximum absolute atomic E-state index is 10.1. The van der Waals surface area contributed by atoms with Crippen LogP contribution in [0.1, 0.15) is 66.2 Å². The van der Waals surface area contributed by atoms with Crippen LogP contribution in [-0.4, -0.2) is 12.2 Å². The number of hydrogen-bond donors (Lipinski definition) is 1. The van der Waals surface area contributed by atoms with Gasteiger partial charge in [0.05, 0.1) is 7.11 Å². The van der Waals surface area contributed by atoms with Gasteiger partial charge >= 0.3 is 0 Å². The van der Waals surface area contributed by atoms with E-state index in [9.17, 15) is 5.11 Å². The summed E-state index contributed by atoms with van der Waals surface area (Å²) in [7, 11) is 1.54. The molecular formula is C21H34O2. The Morgan fingerprint density at radius 3 is 2.61 bits per heavy atom. The number of methoxy groups -OCH3 is 1. The van der Waals surface area contributed by atoms with Crippen LogP contribution in [0.5, 0.6) is 0 Å². The van der Waals surface area contributed by atoms with Gasteiger partial charge in [-0.25, -0.2) is 0 Å². The molecule has 0 radical (unpaired) electrons. The second kappa shape index (κ2) is 7.15. The highest BCUT2D eigenvalue weighted by Gasteiger charge is 2.43. The van der Waals surface area contributed by atoms with Gasteiger partial charge in [-0.15, -0.1) is 0 Å². The summed E-state index contributed by atoms with van der Waals surface area (Å²) in [5.41, 5.74) is 3.22. The first-order valence-corrected chi connectivity index (χ1v) is 9.15. The van der Waals surface area contributed by atoms with E-state index in [1.807, 2.05) is 6.08 Å².